The van der Waals surface area contributed by atoms with Crippen molar-refractivity contribution in [1.82, 2.24) is 15.2 Å². The highest BCUT2D eigenvalue weighted by Gasteiger charge is 2.31. The van der Waals surface area contributed by atoms with Crippen LogP contribution in [0.2, 0.25) is 0 Å². The van der Waals surface area contributed by atoms with Gasteiger partial charge in [0.15, 0.2) is 0 Å². The smallest absolute Gasteiger partial charge is 0.270 e. The molecule has 3 aromatic rings. The van der Waals surface area contributed by atoms with E-state index in [4.69, 9.17) is 9.47 Å². The molecule has 1 aromatic heterocycles. The third-order valence-electron chi connectivity index (χ3n) is 6.34. The zero-order chi connectivity index (χ0) is 25.6. The van der Waals surface area contributed by atoms with Crippen LogP contribution < -0.4 is 19.7 Å². The Morgan fingerprint density at radius 1 is 1.11 bits per heavy atom. The van der Waals surface area contributed by atoms with Crippen LogP contribution >= 0.6 is 0 Å². The van der Waals surface area contributed by atoms with Crippen molar-refractivity contribution in [3.05, 3.63) is 78.1 Å². The highest BCUT2D eigenvalue weighted by molar-refractivity contribution is 6.03. The number of likely N-dealkylation sites (tertiary alicyclic amines) is 1. The van der Waals surface area contributed by atoms with Gasteiger partial charge in [-0.3, -0.25) is 19.5 Å². The van der Waals surface area contributed by atoms with Crippen molar-refractivity contribution in [3.8, 4) is 29.1 Å². The number of aromatic nitrogens is 1. The Labute approximate surface area is 216 Å². The minimum Gasteiger partial charge on any atom is -0.489 e. The molecular weight excluding hydrogens is 468 g/mol. The first-order valence-corrected chi connectivity index (χ1v) is 12.3. The van der Waals surface area contributed by atoms with Crippen molar-refractivity contribution in [2.45, 2.75) is 18.9 Å². The molecule has 5 rings (SSSR count). The first-order chi connectivity index (χ1) is 18.1. The van der Waals surface area contributed by atoms with Crippen LogP contribution in [-0.2, 0) is 4.79 Å². The van der Waals surface area contributed by atoms with Gasteiger partial charge in [-0.05, 0) is 62.3 Å². The second-order valence-electron chi connectivity index (χ2n) is 8.99. The van der Waals surface area contributed by atoms with Gasteiger partial charge in [0.2, 0.25) is 0 Å². The standard InChI is InChI=1S/C29H28N4O4/c1-32-26-18-21(8-7-17-33-15-5-6-16-33)11-12-27(26)36-20-25(29(32)35)31-28(34)24-19-23(13-14-30-24)37-22-9-3-2-4-10-22/h2-4,9-14,18-19,25H,5-6,15-17,20H2,1H3,(H,31,34)/t25-/m0/s1. The number of para-hydroxylation sites is 1. The number of rotatable bonds is 5. The van der Waals surface area contributed by atoms with Gasteiger partial charge in [0.1, 0.15) is 35.6 Å². The minimum absolute atomic E-state index is 0.00209. The van der Waals surface area contributed by atoms with Crippen molar-refractivity contribution in [2.75, 3.05) is 38.2 Å². The zero-order valence-corrected chi connectivity index (χ0v) is 20.6. The lowest BCUT2D eigenvalue weighted by Gasteiger charge is -2.20. The van der Waals surface area contributed by atoms with Crippen LogP contribution in [0.3, 0.4) is 0 Å². The molecule has 1 atom stereocenters. The van der Waals surface area contributed by atoms with Gasteiger partial charge in [-0.15, -0.1) is 0 Å². The number of hydrogen-bond acceptors (Lipinski definition) is 6. The number of ether oxygens (including phenoxy) is 2. The topological polar surface area (TPSA) is 84.0 Å². The Morgan fingerprint density at radius 2 is 1.92 bits per heavy atom. The SMILES string of the molecule is CN1C(=O)[C@@H](NC(=O)c2cc(Oc3ccccc3)ccn2)COc2ccc(C#CCN3CCCC3)cc21. The van der Waals surface area contributed by atoms with Crippen molar-refractivity contribution in [2.24, 2.45) is 0 Å². The number of carbonyl (C=O) groups is 2. The predicted molar refractivity (Wildman–Crippen MR) is 140 cm³/mol. The Kier molecular flexibility index (Phi) is 7.33. The number of nitrogens with zero attached hydrogens (tertiary/aromatic N) is 3. The van der Waals surface area contributed by atoms with Gasteiger partial charge in [0.05, 0.1) is 12.2 Å². The minimum atomic E-state index is -0.880. The van der Waals surface area contributed by atoms with E-state index in [1.807, 2.05) is 48.5 Å². The van der Waals surface area contributed by atoms with Crippen LogP contribution in [0.15, 0.2) is 66.9 Å². The number of amides is 2. The van der Waals surface area contributed by atoms with E-state index >= 15 is 0 Å². The fourth-order valence-electron chi connectivity index (χ4n) is 4.33. The number of benzene rings is 2. The number of hydrogen-bond donors (Lipinski definition) is 1. The maximum absolute atomic E-state index is 13.2. The molecule has 1 fully saturated rings. The molecule has 0 aliphatic carbocycles. The molecule has 0 saturated carbocycles. The van der Waals surface area contributed by atoms with E-state index in [2.05, 4.69) is 27.0 Å². The molecule has 2 amide bonds. The van der Waals surface area contributed by atoms with Crippen LogP contribution in [-0.4, -0.2) is 61.0 Å². The van der Waals surface area contributed by atoms with E-state index in [9.17, 15) is 9.59 Å². The van der Waals surface area contributed by atoms with E-state index < -0.39 is 11.9 Å². The van der Waals surface area contributed by atoms with Crippen LogP contribution in [0.5, 0.6) is 17.2 Å². The molecule has 0 bridgehead atoms. The highest BCUT2D eigenvalue weighted by atomic mass is 16.5. The Balaban J connectivity index is 1.25. The van der Waals surface area contributed by atoms with E-state index in [1.165, 1.54) is 30.0 Å². The van der Waals surface area contributed by atoms with Crippen molar-refractivity contribution >= 4 is 17.5 Å². The fourth-order valence-corrected chi connectivity index (χ4v) is 4.33. The molecule has 3 heterocycles. The van der Waals surface area contributed by atoms with Gasteiger partial charge in [0.25, 0.3) is 11.8 Å². The number of nitrogens with one attached hydrogen (secondary N) is 1. The third-order valence-corrected chi connectivity index (χ3v) is 6.34. The lowest BCUT2D eigenvalue weighted by atomic mass is 10.1. The first-order valence-electron chi connectivity index (χ1n) is 12.3. The summed E-state index contributed by atoms with van der Waals surface area (Å²) in [6.45, 7) is 2.93. The summed E-state index contributed by atoms with van der Waals surface area (Å²) in [7, 11) is 1.67. The average molecular weight is 497 g/mol. The molecule has 1 N–H and O–H groups in total. The molecule has 0 spiro atoms. The van der Waals surface area contributed by atoms with Gasteiger partial charge in [0, 0.05) is 24.9 Å². The summed E-state index contributed by atoms with van der Waals surface area (Å²) >= 11 is 0. The van der Waals surface area contributed by atoms with Gasteiger partial charge in [-0.1, -0.05) is 30.0 Å². The summed E-state index contributed by atoms with van der Waals surface area (Å²) in [5.41, 5.74) is 1.57. The van der Waals surface area contributed by atoms with Crippen LogP contribution in [0, 0.1) is 11.8 Å². The number of anilines is 1. The van der Waals surface area contributed by atoms with Crippen molar-refractivity contribution in [3.63, 3.8) is 0 Å². The van der Waals surface area contributed by atoms with Crippen LogP contribution in [0.1, 0.15) is 28.9 Å². The van der Waals surface area contributed by atoms with Crippen molar-refractivity contribution < 1.29 is 19.1 Å². The Hall–Kier alpha value is -4.35. The summed E-state index contributed by atoms with van der Waals surface area (Å²) in [5, 5.41) is 2.75. The lowest BCUT2D eigenvalue weighted by Crippen LogP contribution is -2.49. The number of pyridine rings is 1. The average Bonchev–Trinajstić information content (AvgIpc) is 3.41. The maximum Gasteiger partial charge on any atom is 0.270 e. The summed E-state index contributed by atoms with van der Waals surface area (Å²) in [6, 6.07) is 17.1. The predicted octanol–water partition coefficient (Wildman–Crippen LogP) is 3.48. The molecule has 8 nitrogen and oxygen atoms in total. The summed E-state index contributed by atoms with van der Waals surface area (Å²) in [6.07, 6.45) is 3.95. The summed E-state index contributed by atoms with van der Waals surface area (Å²) < 4.78 is 11.7. The van der Waals surface area contributed by atoms with Crippen LogP contribution in [0.4, 0.5) is 5.69 Å². The third kappa shape index (κ3) is 5.90. The van der Waals surface area contributed by atoms with E-state index in [-0.39, 0.29) is 18.2 Å². The second kappa shape index (κ2) is 11.1. The summed E-state index contributed by atoms with van der Waals surface area (Å²) in [5.74, 6) is 7.31. The lowest BCUT2D eigenvalue weighted by molar-refractivity contribution is -0.120. The second-order valence-corrected chi connectivity index (χ2v) is 8.99. The van der Waals surface area contributed by atoms with Gasteiger partial charge < -0.3 is 19.7 Å². The summed E-state index contributed by atoms with van der Waals surface area (Å²) in [4.78, 5) is 34.2. The molecule has 1 saturated heterocycles. The first kappa shape index (κ1) is 24.3. The molecule has 2 aliphatic rings. The maximum atomic E-state index is 13.2. The van der Waals surface area contributed by atoms with Gasteiger partial charge in [-0.25, -0.2) is 0 Å². The Bertz CT molecular complexity index is 1340. The molecular formula is C29H28N4O4. The number of likely N-dealkylation sites (N-methyl/N-ethyl adjacent to an activating group) is 1. The molecule has 2 aromatic carbocycles. The normalized spacial score (nSPS) is 17.2. The molecule has 8 heteroatoms. The van der Waals surface area contributed by atoms with E-state index in [0.717, 1.165) is 25.2 Å². The van der Waals surface area contributed by atoms with Gasteiger partial charge >= 0.3 is 0 Å². The van der Waals surface area contributed by atoms with E-state index in [1.54, 1.807) is 13.1 Å². The Morgan fingerprint density at radius 3 is 2.73 bits per heavy atom. The largest absolute Gasteiger partial charge is 0.489 e. The zero-order valence-electron chi connectivity index (χ0n) is 20.6. The molecule has 0 unspecified atom stereocenters. The molecule has 188 valence electrons. The van der Waals surface area contributed by atoms with E-state index in [0.29, 0.717) is 22.9 Å². The molecule has 2 aliphatic heterocycles. The monoisotopic (exact) mass is 496 g/mol. The molecule has 37 heavy (non-hydrogen) atoms. The fraction of sp³-hybridized carbons (Fsp3) is 0.276. The molecule has 0 radical (unpaired) electrons. The van der Waals surface area contributed by atoms with Gasteiger partial charge in [-0.2, -0.15) is 0 Å². The van der Waals surface area contributed by atoms with Crippen molar-refractivity contribution in [1.29, 1.82) is 0 Å². The van der Waals surface area contributed by atoms with Crippen LogP contribution in [0.25, 0.3) is 0 Å². The quantitative estimate of drug-likeness (QED) is 0.545. The number of fused-ring (bicyclic) bond motifs is 1. The number of carbonyl (C=O) groups excluding carboxylic acids is 2. The highest BCUT2D eigenvalue weighted by Crippen LogP contribution is 2.31.